The minimum absolute atomic E-state index is 0.400. The van der Waals surface area contributed by atoms with Crippen LogP contribution in [0.2, 0.25) is 0 Å². The smallest absolute Gasteiger partial charge is 0.170 e. The fourth-order valence-electron chi connectivity index (χ4n) is 2.63. The molecular formula is C12H13N7O4. The minimum Gasteiger partial charge on any atom is -0.394 e. The third-order valence-corrected chi connectivity index (χ3v) is 3.79. The number of imidazole rings is 1. The van der Waals surface area contributed by atoms with Crippen molar-refractivity contribution in [1.82, 2.24) is 34.3 Å². The third-order valence-electron chi connectivity index (χ3n) is 3.79. The lowest BCUT2D eigenvalue weighted by Gasteiger charge is -2.16. The Bertz CT molecular complexity index is 820. The Morgan fingerprint density at radius 3 is 2.52 bits per heavy atom. The van der Waals surface area contributed by atoms with Crippen LogP contribution in [0.25, 0.3) is 17.0 Å². The van der Waals surface area contributed by atoms with Crippen molar-refractivity contribution in [2.45, 2.75) is 24.5 Å². The van der Waals surface area contributed by atoms with Gasteiger partial charge in [-0.3, -0.25) is 9.13 Å². The zero-order valence-electron chi connectivity index (χ0n) is 11.7. The number of fused-ring (bicyclic) bond motifs is 1. The summed E-state index contributed by atoms with van der Waals surface area (Å²) in [6.45, 7) is -0.400. The molecule has 3 aromatic rings. The molecule has 4 heterocycles. The second-order valence-electron chi connectivity index (χ2n) is 5.12. The lowest BCUT2D eigenvalue weighted by atomic mass is 10.1. The first kappa shape index (κ1) is 14.1. The van der Waals surface area contributed by atoms with Crippen molar-refractivity contribution >= 4 is 11.2 Å². The largest absolute Gasteiger partial charge is 0.394 e. The summed E-state index contributed by atoms with van der Waals surface area (Å²) >= 11 is 0. The molecule has 0 spiro atoms. The van der Waals surface area contributed by atoms with Crippen molar-refractivity contribution < 1.29 is 20.1 Å². The van der Waals surface area contributed by atoms with Gasteiger partial charge in [-0.15, -0.1) is 10.2 Å². The van der Waals surface area contributed by atoms with Crippen molar-refractivity contribution in [1.29, 1.82) is 0 Å². The van der Waals surface area contributed by atoms with Crippen LogP contribution in [0.4, 0.5) is 0 Å². The van der Waals surface area contributed by atoms with Crippen molar-refractivity contribution in [3.63, 3.8) is 0 Å². The summed E-state index contributed by atoms with van der Waals surface area (Å²) in [5.74, 6) is 0.477. The predicted molar refractivity (Wildman–Crippen MR) is 73.2 cm³/mol. The number of aliphatic hydroxyl groups is 3. The molecule has 4 atom stereocenters. The number of ether oxygens (including phenoxy) is 1. The van der Waals surface area contributed by atoms with E-state index in [1.54, 1.807) is 4.57 Å². The van der Waals surface area contributed by atoms with Gasteiger partial charge in [0.15, 0.2) is 23.2 Å². The van der Waals surface area contributed by atoms with E-state index in [1.807, 2.05) is 0 Å². The maximum absolute atomic E-state index is 10.1. The molecule has 1 aliphatic rings. The number of aliphatic hydroxyl groups excluding tert-OH is 3. The van der Waals surface area contributed by atoms with Crippen LogP contribution in [-0.4, -0.2) is 74.5 Å². The minimum atomic E-state index is -1.21. The molecule has 1 aliphatic heterocycles. The zero-order chi connectivity index (χ0) is 16.0. The molecule has 0 aromatic carbocycles. The van der Waals surface area contributed by atoms with E-state index in [2.05, 4.69) is 25.1 Å². The molecule has 0 amide bonds. The predicted octanol–water partition coefficient (Wildman–Crippen LogP) is -1.98. The van der Waals surface area contributed by atoms with Gasteiger partial charge in [0.1, 0.15) is 37.3 Å². The topological polar surface area (TPSA) is 144 Å². The molecule has 3 N–H and O–H groups in total. The van der Waals surface area contributed by atoms with Crippen LogP contribution in [0.3, 0.4) is 0 Å². The van der Waals surface area contributed by atoms with E-state index in [-0.39, 0.29) is 0 Å². The van der Waals surface area contributed by atoms with Gasteiger partial charge in [0.25, 0.3) is 0 Å². The van der Waals surface area contributed by atoms with E-state index in [4.69, 9.17) is 4.74 Å². The maximum Gasteiger partial charge on any atom is 0.170 e. The van der Waals surface area contributed by atoms with E-state index >= 15 is 0 Å². The Morgan fingerprint density at radius 1 is 1.04 bits per heavy atom. The monoisotopic (exact) mass is 319 g/mol. The van der Waals surface area contributed by atoms with Gasteiger partial charge in [-0.05, 0) is 0 Å². The molecule has 4 rings (SSSR count). The van der Waals surface area contributed by atoms with Gasteiger partial charge in [-0.1, -0.05) is 0 Å². The molecule has 0 radical (unpaired) electrons. The first-order valence-corrected chi connectivity index (χ1v) is 6.85. The van der Waals surface area contributed by atoms with E-state index in [9.17, 15) is 15.3 Å². The molecule has 11 nitrogen and oxygen atoms in total. The van der Waals surface area contributed by atoms with Crippen LogP contribution in [0, 0.1) is 0 Å². The Kier molecular flexibility index (Phi) is 3.27. The van der Waals surface area contributed by atoms with E-state index < -0.39 is 31.1 Å². The number of rotatable bonds is 3. The standard InChI is InChI=1S/C12H13N7O4/c20-1-6-8(21)9(22)12(23-6)19-3-15-7-10(13-2-14-11(7)19)18-4-16-17-5-18/h2-6,8-9,12,20-22H,1H2/t6-,8?,9+,12-/m1/s1. The van der Waals surface area contributed by atoms with E-state index in [1.165, 1.54) is 29.9 Å². The van der Waals surface area contributed by atoms with Gasteiger partial charge in [-0.25, -0.2) is 15.0 Å². The fraction of sp³-hybridized carbons (Fsp3) is 0.417. The van der Waals surface area contributed by atoms with Gasteiger partial charge in [0, 0.05) is 0 Å². The van der Waals surface area contributed by atoms with Crippen molar-refractivity contribution in [3.05, 3.63) is 25.3 Å². The van der Waals surface area contributed by atoms with Gasteiger partial charge < -0.3 is 20.1 Å². The molecule has 1 unspecified atom stereocenters. The lowest BCUT2D eigenvalue weighted by Crippen LogP contribution is -2.33. The molecule has 0 aliphatic carbocycles. The van der Waals surface area contributed by atoms with Crippen LogP contribution >= 0.6 is 0 Å². The molecule has 11 heteroatoms. The fourth-order valence-corrected chi connectivity index (χ4v) is 2.63. The van der Waals surface area contributed by atoms with Crippen LogP contribution in [-0.2, 0) is 4.74 Å². The van der Waals surface area contributed by atoms with Crippen molar-refractivity contribution in [2.24, 2.45) is 0 Å². The zero-order valence-corrected chi connectivity index (χ0v) is 11.7. The van der Waals surface area contributed by atoms with Crippen LogP contribution in [0.5, 0.6) is 0 Å². The second kappa shape index (κ2) is 5.31. The van der Waals surface area contributed by atoms with Crippen LogP contribution < -0.4 is 0 Å². The average Bonchev–Trinajstić information content (AvgIpc) is 3.28. The summed E-state index contributed by atoms with van der Waals surface area (Å²) in [6, 6.07) is 0. The Hall–Kier alpha value is -2.47. The highest BCUT2D eigenvalue weighted by Gasteiger charge is 2.44. The molecule has 0 bridgehead atoms. The van der Waals surface area contributed by atoms with Gasteiger partial charge in [-0.2, -0.15) is 0 Å². The molecule has 23 heavy (non-hydrogen) atoms. The average molecular weight is 319 g/mol. The first-order chi connectivity index (χ1) is 11.2. The second-order valence-corrected chi connectivity index (χ2v) is 5.12. The summed E-state index contributed by atoms with van der Waals surface area (Å²) < 4.78 is 8.58. The molecule has 1 saturated heterocycles. The third kappa shape index (κ3) is 2.09. The number of hydrogen-bond acceptors (Lipinski definition) is 9. The maximum atomic E-state index is 10.1. The van der Waals surface area contributed by atoms with Crippen LogP contribution in [0.1, 0.15) is 6.23 Å². The first-order valence-electron chi connectivity index (χ1n) is 6.85. The number of aromatic nitrogens is 7. The van der Waals surface area contributed by atoms with E-state index in [0.717, 1.165) is 0 Å². The quantitative estimate of drug-likeness (QED) is 0.500. The van der Waals surface area contributed by atoms with Gasteiger partial charge in [0.2, 0.25) is 0 Å². The summed E-state index contributed by atoms with van der Waals surface area (Å²) in [5.41, 5.74) is 0.878. The Balaban J connectivity index is 1.80. The van der Waals surface area contributed by atoms with Crippen molar-refractivity contribution in [3.8, 4) is 5.82 Å². The SMILES string of the molecule is OC[C@H]1O[C@@H](n2cnc3c(-n4cnnc4)ncnc32)[C@@H](O)C1O. The Morgan fingerprint density at radius 2 is 1.83 bits per heavy atom. The molecule has 120 valence electrons. The van der Waals surface area contributed by atoms with Gasteiger partial charge in [0.05, 0.1) is 12.9 Å². The van der Waals surface area contributed by atoms with Crippen LogP contribution in [0.15, 0.2) is 25.3 Å². The number of hydrogen-bond donors (Lipinski definition) is 3. The highest BCUT2D eigenvalue weighted by Crippen LogP contribution is 2.31. The highest BCUT2D eigenvalue weighted by molar-refractivity contribution is 5.78. The van der Waals surface area contributed by atoms with Gasteiger partial charge >= 0.3 is 0 Å². The normalized spacial score (nSPS) is 27.8. The van der Waals surface area contributed by atoms with Crippen molar-refractivity contribution in [2.75, 3.05) is 6.61 Å². The Labute approximate surface area is 128 Å². The molecule has 0 saturated carbocycles. The molecule has 3 aromatic heterocycles. The molecular weight excluding hydrogens is 306 g/mol. The molecule has 1 fully saturated rings. The summed E-state index contributed by atoms with van der Waals surface area (Å²) in [5, 5.41) is 36.7. The number of nitrogens with zero attached hydrogens (tertiary/aromatic N) is 7. The summed E-state index contributed by atoms with van der Waals surface area (Å²) in [4.78, 5) is 12.6. The summed E-state index contributed by atoms with van der Waals surface area (Å²) in [6.07, 6.45) is 1.56. The highest BCUT2D eigenvalue weighted by atomic mass is 16.6. The van der Waals surface area contributed by atoms with E-state index in [0.29, 0.717) is 17.0 Å². The summed E-state index contributed by atoms with van der Waals surface area (Å²) in [7, 11) is 0. The lowest BCUT2D eigenvalue weighted by molar-refractivity contribution is -0.0511.